The first-order valence-electron chi connectivity index (χ1n) is 4.74. The Morgan fingerprint density at radius 2 is 1.80 bits per heavy atom. The maximum absolute atomic E-state index is 5.35. The Balaban J connectivity index is 2.82. The van der Waals surface area contributed by atoms with Crippen LogP contribution in [0.1, 0.15) is 5.69 Å². The van der Waals surface area contributed by atoms with Crippen molar-refractivity contribution in [1.82, 2.24) is 4.98 Å². The fraction of sp³-hybridized carbons (Fsp3) is 0.250. The molecule has 0 spiro atoms. The van der Waals surface area contributed by atoms with Crippen LogP contribution in [0.15, 0.2) is 24.4 Å². The first kappa shape index (κ1) is 9.77. The first-order valence-corrected chi connectivity index (χ1v) is 4.74. The Morgan fingerprint density at radius 1 is 1.00 bits per heavy atom. The molecule has 1 heterocycles. The monoisotopic (exact) mass is 203 g/mol. The number of methoxy groups -OCH3 is 2. The Hall–Kier alpha value is -1.77. The third-order valence-corrected chi connectivity index (χ3v) is 2.48. The van der Waals surface area contributed by atoms with E-state index in [4.69, 9.17) is 9.47 Å². The minimum atomic E-state index is 0.746. The molecule has 0 aliphatic rings. The molecule has 3 heteroatoms. The van der Waals surface area contributed by atoms with Gasteiger partial charge in [0.1, 0.15) is 0 Å². The van der Waals surface area contributed by atoms with Crippen LogP contribution in [0.25, 0.3) is 10.8 Å². The number of rotatable bonds is 2. The van der Waals surface area contributed by atoms with Crippen molar-refractivity contribution in [2.75, 3.05) is 14.2 Å². The van der Waals surface area contributed by atoms with Gasteiger partial charge in [0.05, 0.1) is 14.2 Å². The molecule has 0 radical (unpaired) electrons. The highest BCUT2D eigenvalue weighted by molar-refractivity contribution is 5.92. The molecule has 0 aliphatic heterocycles. The molecule has 0 saturated carbocycles. The van der Waals surface area contributed by atoms with E-state index in [9.17, 15) is 0 Å². The lowest BCUT2D eigenvalue weighted by molar-refractivity contribution is 0.358. The highest BCUT2D eigenvalue weighted by Crippen LogP contribution is 2.35. The third kappa shape index (κ3) is 1.50. The maximum Gasteiger partial charge on any atom is 0.168 e. The normalized spacial score (nSPS) is 10.3. The fourth-order valence-electron chi connectivity index (χ4n) is 1.72. The SMILES string of the molecule is COc1ccc2c(C)nccc2c1OC. The van der Waals surface area contributed by atoms with Gasteiger partial charge in [0.25, 0.3) is 0 Å². The van der Waals surface area contributed by atoms with Gasteiger partial charge < -0.3 is 9.47 Å². The Bertz CT molecular complexity index is 494. The number of hydrogen-bond donors (Lipinski definition) is 0. The number of hydrogen-bond acceptors (Lipinski definition) is 3. The van der Waals surface area contributed by atoms with Crippen LogP contribution in [0.3, 0.4) is 0 Å². The van der Waals surface area contributed by atoms with Crippen LogP contribution in [0, 0.1) is 6.92 Å². The number of pyridine rings is 1. The van der Waals surface area contributed by atoms with E-state index in [0.29, 0.717) is 0 Å². The Kier molecular flexibility index (Phi) is 2.46. The van der Waals surface area contributed by atoms with Crippen molar-refractivity contribution < 1.29 is 9.47 Å². The van der Waals surface area contributed by atoms with Crippen LogP contribution in [-0.4, -0.2) is 19.2 Å². The number of benzene rings is 1. The molecule has 2 aromatic rings. The minimum absolute atomic E-state index is 0.746. The van der Waals surface area contributed by atoms with Gasteiger partial charge in [0.15, 0.2) is 11.5 Å². The lowest BCUT2D eigenvalue weighted by Crippen LogP contribution is -1.93. The van der Waals surface area contributed by atoms with E-state index >= 15 is 0 Å². The first-order chi connectivity index (χ1) is 7.27. The van der Waals surface area contributed by atoms with Gasteiger partial charge in [-0.1, -0.05) is 0 Å². The van der Waals surface area contributed by atoms with Crippen LogP contribution in [0.4, 0.5) is 0 Å². The molecule has 0 unspecified atom stereocenters. The molecular formula is C12H13NO2. The van der Waals surface area contributed by atoms with Gasteiger partial charge in [0, 0.05) is 22.7 Å². The largest absolute Gasteiger partial charge is 0.493 e. The smallest absolute Gasteiger partial charge is 0.168 e. The topological polar surface area (TPSA) is 31.4 Å². The summed E-state index contributed by atoms with van der Waals surface area (Å²) in [6, 6.07) is 5.83. The number of fused-ring (bicyclic) bond motifs is 1. The average molecular weight is 203 g/mol. The summed E-state index contributed by atoms with van der Waals surface area (Å²) in [5.74, 6) is 1.51. The van der Waals surface area contributed by atoms with Gasteiger partial charge in [-0.05, 0) is 25.1 Å². The number of ether oxygens (including phenoxy) is 2. The zero-order valence-corrected chi connectivity index (χ0v) is 9.07. The van der Waals surface area contributed by atoms with Crippen molar-refractivity contribution in [1.29, 1.82) is 0 Å². The molecule has 0 aliphatic carbocycles. The number of nitrogens with zero attached hydrogens (tertiary/aromatic N) is 1. The molecular weight excluding hydrogens is 190 g/mol. The van der Waals surface area contributed by atoms with E-state index in [1.807, 2.05) is 25.1 Å². The zero-order valence-electron chi connectivity index (χ0n) is 9.07. The van der Waals surface area contributed by atoms with E-state index < -0.39 is 0 Å². The van der Waals surface area contributed by atoms with E-state index in [-0.39, 0.29) is 0 Å². The van der Waals surface area contributed by atoms with Crippen molar-refractivity contribution in [3.8, 4) is 11.5 Å². The second kappa shape index (κ2) is 3.77. The summed E-state index contributed by atoms with van der Waals surface area (Å²) < 4.78 is 10.6. The van der Waals surface area contributed by atoms with E-state index in [0.717, 1.165) is 28.0 Å². The van der Waals surface area contributed by atoms with Crippen molar-refractivity contribution in [3.63, 3.8) is 0 Å². The van der Waals surface area contributed by atoms with E-state index in [1.165, 1.54) is 0 Å². The highest BCUT2D eigenvalue weighted by Gasteiger charge is 2.09. The predicted molar refractivity (Wildman–Crippen MR) is 59.6 cm³/mol. The van der Waals surface area contributed by atoms with Crippen LogP contribution in [-0.2, 0) is 0 Å². The summed E-state index contributed by atoms with van der Waals surface area (Å²) in [7, 11) is 3.28. The Morgan fingerprint density at radius 3 is 2.47 bits per heavy atom. The molecule has 2 rings (SSSR count). The van der Waals surface area contributed by atoms with E-state index in [2.05, 4.69) is 4.98 Å². The van der Waals surface area contributed by atoms with Crippen molar-refractivity contribution in [3.05, 3.63) is 30.1 Å². The fourth-order valence-corrected chi connectivity index (χ4v) is 1.72. The second-order valence-corrected chi connectivity index (χ2v) is 3.29. The maximum atomic E-state index is 5.35. The summed E-state index contributed by atoms with van der Waals surface area (Å²) in [5.41, 5.74) is 0.994. The van der Waals surface area contributed by atoms with Gasteiger partial charge in [0.2, 0.25) is 0 Å². The molecule has 78 valence electrons. The summed E-state index contributed by atoms with van der Waals surface area (Å²) in [6.45, 7) is 1.98. The van der Waals surface area contributed by atoms with Crippen LogP contribution in [0.5, 0.6) is 11.5 Å². The third-order valence-electron chi connectivity index (χ3n) is 2.48. The van der Waals surface area contributed by atoms with Gasteiger partial charge in [-0.25, -0.2) is 0 Å². The van der Waals surface area contributed by atoms with Gasteiger partial charge >= 0.3 is 0 Å². The highest BCUT2D eigenvalue weighted by atomic mass is 16.5. The molecule has 0 saturated heterocycles. The van der Waals surface area contributed by atoms with Crippen LogP contribution in [0.2, 0.25) is 0 Å². The van der Waals surface area contributed by atoms with E-state index in [1.54, 1.807) is 20.4 Å². The number of aryl methyl sites for hydroxylation is 1. The van der Waals surface area contributed by atoms with Crippen molar-refractivity contribution in [2.45, 2.75) is 6.92 Å². The Labute approximate surface area is 88.7 Å². The molecule has 0 amide bonds. The standard InChI is InChI=1S/C12H13NO2/c1-8-9-4-5-11(14-2)12(15-3)10(9)6-7-13-8/h4-7H,1-3H3. The molecule has 0 fully saturated rings. The number of aromatic nitrogens is 1. The van der Waals surface area contributed by atoms with Gasteiger partial charge in [-0.15, -0.1) is 0 Å². The summed E-state index contributed by atoms with van der Waals surface area (Å²) in [6.07, 6.45) is 1.78. The van der Waals surface area contributed by atoms with Crippen molar-refractivity contribution >= 4 is 10.8 Å². The molecule has 3 nitrogen and oxygen atoms in total. The van der Waals surface area contributed by atoms with Crippen molar-refractivity contribution in [2.24, 2.45) is 0 Å². The molecule has 1 aromatic carbocycles. The average Bonchev–Trinajstić information content (AvgIpc) is 2.28. The lowest BCUT2D eigenvalue weighted by Gasteiger charge is -2.11. The molecule has 0 bridgehead atoms. The van der Waals surface area contributed by atoms with Crippen LogP contribution < -0.4 is 9.47 Å². The lowest BCUT2D eigenvalue weighted by atomic mass is 10.1. The van der Waals surface area contributed by atoms with Gasteiger partial charge in [-0.3, -0.25) is 4.98 Å². The van der Waals surface area contributed by atoms with Crippen LogP contribution >= 0.6 is 0 Å². The summed E-state index contributed by atoms with van der Waals surface area (Å²) in [5, 5.41) is 2.12. The molecule has 0 atom stereocenters. The summed E-state index contributed by atoms with van der Waals surface area (Å²) in [4.78, 5) is 4.24. The minimum Gasteiger partial charge on any atom is -0.493 e. The molecule has 0 N–H and O–H groups in total. The quantitative estimate of drug-likeness (QED) is 0.751. The molecule has 1 aromatic heterocycles. The molecule has 15 heavy (non-hydrogen) atoms. The van der Waals surface area contributed by atoms with Gasteiger partial charge in [-0.2, -0.15) is 0 Å². The zero-order chi connectivity index (χ0) is 10.8. The predicted octanol–water partition coefficient (Wildman–Crippen LogP) is 2.56. The summed E-state index contributed by atoms with van der Waals surface area (Å²) >= 11 is 0. The second-order valence-electron chi connectivity index (χ2n) is 3.29.